The molecular weight excluding hydrogens is 283 g/mol. The molecule has 0 bridgehead atoms. The summed E-state index contributed by atoms with van der Waals surface area (Å²) in [7, 11) is -0.0750. The van der Waals surface area contributed by atoms with Gasteiger partial charge in [0.15, 0.2) is 0 Å². The summed E-state index contributed by atoms with van der Waals surface area (Å²) < 4.78 is 16.6. The van der Waals surface area contributed by atoms with Crippen LogP contribution in [0, 0.1) is 5.92 Å². The van der Waals surface area contributed by atoms with Crippen molar-refractivity contribution in [2.24, 2.45) is 5.92 Å². The smallest absolute Gasteiger partial charge is 0.309 e. The maximum Gasteiger partial charge on any atom is 0.309 e. The highest BCUT2D eigenvalue weighted by atomic mass is 35.5. The molecule has 1 rings (SSSR count). The zero-order chi connectivity index (χ0) is 13.0. The van der Waals surface area contributed by atoms with Crippen molar-refractivity contribution in [3.63, 3.8) is 0 Å². The van der Waals surface area contributed by atoms with Crippen LogP contribution in [-0.2, 0) is 20.3 Å². The van der Waals surface area contributed by atoms with E-state index < -0.39 is 22.7 Å². The van der Waals surface area contributed by atoms with E-state index in [9.17, 15) is 9.00 Å². The van der Waals surface area contributed by atoms with Gasteiger partial charge in [-0.15, -0.1) is 0 Å². The van der Waals surface area contributed by atoms with Crippen molar-refractivity contribution in [2.75, 3.05) is 12.9 Å². The van der Waals surface area contributed by atoms with Gasteiger partial charge in [-0.25, -0.2) is 0 Å². The Hall–Kier alpha value is -0.580. The van der Waals surface area contributed by atoms with Gasteiger partial charge in [0.05, 0.1) is 33.7 Å². The maximum atomic E-state index is 12.0. The minimum absolute atomic E-state index is 0.159. The normalized spacial score (nSPS) is 14.1. The SMILES string of the molecule is COC(=O)C(C)CS(=O)c1cc(Cl)ccc1Cl. The number of methoxy groups -OCH3 is 1. The quantitative estimate of drug-likeness (QED) is 0.802. The predicted octanol–water partition coefficient (Wildman–Crippen LogP) is 2.91. The van der Waals surface area contributed by atoms with E-state index in [4.69, 9.17) is 23.2 Å². The Kier molecular flexibility index (Phi) is 5.43. The number of ether oxygens (including phenoxy) is 1. The molecule has 6 heteroatoms. The predicted molar refractivity (Wildman–Crippen MR) is 68.9 cm³/mol. The van der Waals surface area contributed by atoms with Crippen molar-refractivity contribution in [1.29, 1.82) is 0 Å². The number of carbonyl (C=O) groups is 1. The second-order valence-corrected chi connectivity index (χ2v) is 5.82. The molecule has 0 saturated carbocycles. The molecule has 94 valence electrons. The lowest BCUT2D eigenvalue weighted by Gasteiger charge is -2.10. The van der Waals surface area contributed by atoms with E-state index in [0.717, 1.165) is 0 Å². The second-order valence-electron chi connectivity index (χ2n) is 3.51. The van der Waals surface area contributed by atoms with E-state index in [-0.39, 0.29) is 5.75 Å². The number of esters is 1. The van der Waals surface area contributed by atoms with Crippen molar-refractivity contribution in [3.05, 3.63) is 28.2 Å². The lowest BCUT2D eigenvalue weighted by atomic mass is 10.2. The topological polar surface area (TPSA) is 43.4 Å². The summed E-state index contributed by atoms with van der Waals surface area (Å²) in [5.41, 5.74) is 0. The summed E-state index contributed by atoms with van der Waals surface area (Å²) in [5.74, 6) is -0.681. The minimum Gasteiger partial charge on any atom is -0.469 e. The second kappa shape index (κ2) is 6.38. The third kappa shape index (κ3) is 3.98. The summed E-state index contributed by atoms with van der Waals surface area (Å²) in [6, 6.07) is 4.75. The van der Waals surface area contributed by atoms with E-state index in [1.54, 1.807) is 25.1 Å². The standard InChI is InChI=1S/C11H12Cl2O3S/c1-7(11(14)16-2)6-17(15)10-5-8(12)3-4-9(10)13/h3-5,7H,6H2,1-2H3. The molecule has 0 aliphatic carbocycles. The van der Waals surface area contributed by atoms with E-state index >= 15 is 0 Å². The average Bonchev–Trinajstić information content (AvgIpc) is 2.30. The molecule has 0 spiro atoms. The van der Waals surface area contributed by atoms with E-state index in [1.165, 1.54) is 7.11 Å². The Labute approximate surface area is 113 Å². The Bertz CT molecular complexity index is 448. The molecule has 2 atom stereocenters. The van der Waals surface area contributed by atoms with Crippen LogP contribution in [0.15, 0.2) is 23.1 Å². The molecule has 2 unspecified atom stereocenters. The summed E-state index contributed by atoms with van der Waals surface area (Å²) in [6.45, 7) is 1.65. The van der Waals surface area contributed by atoms with Gasteiger partial charge in [-0.1, -0.05) is 30.1 Å². The van der Waals surface area contributed by atoms with Crippen molar-refractivity contribution in [3.8, 4) is 0 Å². The lowest BCUT2D eigenvalue weighted by molar-refractivity contribution is -0.144. The number of carbonyl (C=O) groups excluding carboxylic acids is 1. The van der Waals surface area contributed by atoms with Crippen molar-refractivity contribution in [2.45, 2.75) is 11.8 Å². The van der Waals surface area contributed by atoms with E-state index in [2.05, 4.69) is 4.74 Å². The fourth-order valence-corrected chi connectivity index (χ4v) is 3.16. The maximum absolute atomic E-state index is 12.0. The fourth-order valence-electron chi connectivity index (χ4n) is 1.24. The number of hydrogen-bond acceptors (Lipinski definition) is 3. The van der Waals surface area contributed by atoms with Crippen molar-refractivity contribution in [1.82, 2.24) is 0 Å². The van der Waals surface area contributed by atoms with Gasteiger partial charge < -0.3 is 4.74 Å². The Morgan fingerprint density at radius 1 is 1.47 bits per heavy atom. The van der Waals surface area contributed by atoms with Crippen LogP contribution in [-0.4, -0.2) is 23.0 Å². The fraction of sp³-hybridized carbons (Fsp3) is 0.364. The highest BCUT2D eigenvalue weighted by Gasteiger charge is 2.19. The molecule has 0 N–H and O–H groups in total. The highest BCUT2D eigenvalue weighted by Crippen LogP contribution is 2.24. The van der Waals surface area contributed by atoms with Crippen LogP contribution in [0.4, 0.5) is 0 Å². The van der Waals surface area contributed by atoms with Crippen LogP contribution in [0.3, 0.4) is 0 Å². The van der Waals surface area contributed by atoms with Gasteiger partial charge in [-0.3, -0.25) is 9.00 Å². The summed E-state index contributed by atoms with van der Waals surface area (Å²) >= 11 is 11.7. The van der Waals surface area contributed by atoms with Gasteiger partial charge in [-0.2, -0.15) is 0 Å². The van der Waals surface area contributed by atoms with Crippen LogP contribution < -0.4 is 0 Å². The molecular formula is C11H12Cl2O3S. The van der Waals surface area contributed by atoms with Gasteiger partial charge in [0.1, 0.15) is 0 Å². The van der Waals surface area contributed by atoms with Gasteiger partial charge in [0.2, 0.25) is 0 Å². The molecule has 0 aromatic heterocycles. The summed E-state index contributed by atoms with van der Waals surface area (Å²) in [5, 5.41) is 0.841. The van der Waals surface area contributed by atoms with Crippen molar-refractivity contribution < 1.29 is 13.7 Å². The average molecular weight is 295 g/mol. The summed E-state index contributed by atoms with van der Waals surface area (Å²) in [4.78, 5) is 11.7. The molecule has 17 heavy (non-hydrogen) atoms. The van der Waals surface area contributed by atoms with E-state index in [0.29, 0.717) is 14.9 Å². The first kappa shape index (κ1) is 14.5. The molecule has 0 fully saturated rings. The molecule has 0 amide bonds. The van der Waals surface area contributed by atoms with Gasteiger partial charge in [-0.05, 0) is 18.2 Å². The molecule has 1 aromatic carbocycles. The number of hydrogen-bond donors (Lipinski definition) is 0. The molecule has 0 saturated heterocycles. The third-order valence-corrected chi connectivity index (χ3v) is 4.45. The van der Waals surface area contributed by atoms with Crippen molar-refractivity contribution >= 4 is 40.0 Å². The first-order chi connectivity index (χ1) is 7.95. The summed E-state index contributed by atoms with van der Waals surface area (Å²) in [6.07, 6.45) is 0. The molecule has 0 radical (unpaired) electrons. The highest BCUT2D eigenvalue weighted by molar-refractivity contribution is 7.85. The molecule has 3 nitrogen and oxygen atoms in total. The molecule has 1 aromatic rings. The van der Waals surface area contributed by atoms with Gasteiger partial charge >= 0.3 is 5.97 Å². The zero-order valence-electron chi connectivity index (χ0n) is 9.41. The van der Waals surface area contributed by atoms with Gasteiger partial charge in [0.25, 0.3) is 0 Å². The van der Waals surface area contributed by atoms with E-state index in [1.807, 2.05) is 0 Å². The van der Waals surface area contributed by atoms with Crippen LogP contribution in [0.25, 0.3) is 0 Å². The first-order valence-corrected chi connectivity index (χ1v) is 6.94. The largest absolute Gasteiger partial charge is 0.469 e. The third-order valence-electron chi connectivity index (χ3n) is 2.14. The molecule has 0 aliphatic heterocycles. The van der Waals surface area contributed by atoms with Crippen LogP contribution in [0.2, 0.25) is 10.0 Å². The van der Waals surface area contributed by atoms with Crippen LogP contribution in [0.5, 0.6) is 0 Å². The minimum atomic E-state index is -1.37. The lowest BCUT2D eigenvalue weighted by Crippen LogP contribution is -2.19. The molecule has 0 heterocycles. The number of halogens is 2. The Morgan fingerprint density at radius 3 is 2.71 bits per heavy atom. The first-order valence-electron chi connectivity index (χ1n) is 4.87. The monoisotopic (exact) mass is 294 g/mol. The Morgan fingerprint density at radius 2 is 2.12 bits per heavy atom. The van der Waals surface area contributed by atoms with Crippen LogP contribution in [0.1, 0.15) is 6.92 Å². The van der Waals surface area contributed by atoms with Crippen LogP contribution >= 0.6 is 23.2 Å². The zero-order valence-corrected chi connectivity index (χ0v) is 11.7. The number of rotatable bonds is 4. The Balaban J connectivity index is 2.83. The number of benzene rings is 1. The van der Waals surface area contributed by atoms with Gasteiger partial charge in [0, 0.05) is 10.8 Å². The molecule has 0 aliphatic rings.